The molecule has 2 aliphatic heterocycles. The molecule has 0 radical (unpaired) electrons. The van der Waals surface area contributed by atoms with Crippen LogP contribution in [0.2, 0.25) is 0 Å². The van der Waals surface area contributed by atoms with Crippen LogP contribution in [0.1, 0.15) is 31.8 Å². The molecule has 0 saturated heterocycles. The predicted octanol–water partition coefficient (Wildman–Crippen LogP) is 7.35. The van der Waals surface area contributed by atoms with Gasteiger partial charge in [-0.15, -0.1) is 22.7 Å². The number of fused-ring (bicyclic) bond motifs is 4. The number of aryl methyl sites for hydroxylation is 2. The Bertz CT molecular complexity index is 2330. The zero-order valence-electron chi connectivity index (χ0n) is 27.4. The van der Waals surface area contributed by atoms with E-state index in [0.717, 1.165) is 64.1 Å². The second-order valence-corrected chi connectivity index (χ2v) is 14.3. The van der Waals surface area contributed by atoms with Crippen LogP contribution in [-0.4, -0.2) is 50.0 Å². The molecule has 0 bridgehead atoms. The summed E-state index contributed by atoms with van der Waals surface area (Å²) in [5, 5.41) is 1.14. The quantitative estimate of drug-likeness (QED) is 0.182. The fraction of sp³-hybridized carbons (Fsp3) is 0.158. The van der Waals surface area contributed by atoms with Crippen molar-refractivity contribution in [3.63, 3.8) is 0 Å². The lowest BCUT2D eigenvalue weighted by molar-refractivity contribution is 0.0997. The SMILES string of the molecule is Cc1cc2nc3ccc(N(C)C)cc3sc-2cc1=NC(=O)c1cccc(C(=O)N=c2cc3sc4cc(N(C)C)ccc4nc-3cc2C)c1. The minimum absolute atomic E-state index is 0.316. The molecule has 0 N–H and O–H groups in total. The highest BCUT2D eigenvalue weighted by atomic mass is 32.1. The Morgan fingerprint density at radius 2 is 1.02 bits per heavy atom. The van der Waals surface area contributed by atoms with E-state index in [4.69, 9.17) is 9.97 Å². The molecule has 7 rings (SSSR count). The minimum Gasteiger partial charge on any atom is -0.378 e. The number of hydrogen-bond acceptors (Lipinski definition) is 8. The van der Waals surface area contributed by atoms with E-state index in [-0.39, 0.29) is 0 Å². The number of benzene rings is 5. The van der Waals surface area contributed by atoms with Crippen molar-refractivity contribution in [1.29, 1.82) is 0 Å². The van der Waals surface area contributed by atoms with Crippen molar-refractivity contribution in [1.82, 2.24) is 9.97 Å². The van der Waals surface area contributed by atoms with Crippen molar-refractivity contribution < 1.29 is 9.59 Å². The summed E-state index contributed by atoms with van der Waals surface area (Å²) < 4.78 is 2.10. The number of hydrogen-bond donors (Lipinski definition) is 0. The molecule has 10 heteroatoms. The number of carbonyl (C=O) groups excluding carboxylic acids is 2. The van der Waals surface area contributed by atoms with Gasteiger partial charge in [-0.3, -0.25) is 9.59 Å². The van der Waals surface area contributed by atoms with Gasteiger partial charge in [0.2, 0.25) is 0 Å². The molecule has 0 unspecified atom stereocenters. The third-order valence-corrected chi connectivity index (χ3v) is 10.4. The van der Waals surface area contributed by atoms with Crippen molar-refractivity contribution in [2.24, 2.45) is 9.98 Å². The van der Waals surface area contributed by atoms with Crippen molar-refractivity contribution in [2.75, 3.05) is 38.0 Å². The molecular weight excluding hydrogens is 637 g/mol. The third kappa shape index (κ3) is 6.08. The summed E-state index contributed by atoms with van der Waals surface area (Å²) in [5.74, 6) is -0.862. The summed E-state index contributed by atoms with van der Waals surface area (Å²) in [6.07, 6.45) is 0. The summed E-state index contributed by atoms with van der Waals surface area (Å²) in [6, 6.07) is 26.7. The standard InChI is InChI=1S/C38H32N6O2S2/c1-21-14-31-35(47-33-17-25(43(3)4)10-12-27(33)39-31)19-29(21)41-37(45)23-8-7-9-24(16-23)38(46)42-30-20-36-32(15-22(30)2)40-28-13-11-26(44(5)6)18-34(28)48-36/h7-20H,1-6H3. The molecule has 3 aromatic rings. The molecule has 2 heterocycles. The van der Waals surface area contributed by atoms with Crippen molar-refractivity contribution in [3.8, 4) is 21.1 Å². The highest BCUT2D eigenvalue weighted by Crippen LogP contribution is 2.33. The largest absolute Gasteiger partial charge is 0.378 e. The number of nitrogens with zero attached hydrogens (tertiary/aromatic N) is 6. The predicted molar refractivity (Wildman–Crippen MR) is 197 cm³/mol. The fourth-order valence-corrected chi connectivity index (χ4v) is 7.47. The second-order valence-electron chi connectivity index (χ2n) is 12.1. The number of aromatic nitrogens is 2. The van der Waals surface area contributed by atoms with E-state index >= 15 is 0 Å². The molecule has 0 atom stereocenters. The van der Waals surface area contributed by atoms with Gasteiger partial charge in [0.25, 0.3) is 11.8 Å². The van der Waals surface area contributed by atoms with Gasteiger partial charge in [-0.1, -0.05) is 6.07 Å². The second kappa shape index (κ2) is 12.4. The van der Waals surface area contributed by atoms with Crippen LogP contribution < -0.4 is 20.5 Å². The lowest BCUT2D eigenvalue weighted by Gasteiger charge is -2.14. The number of carbonyl (C=O) groups is 2. The van der Waals surface area contributed by atoms with Gasteiger partial charge >= 0.3 is 0 Å². The Morgan fingerprint density at radius 1 is 0.583 bits per heavy atom. The molecule has 0 aromatic heterocycles. The van der Waals surface area contributed by atoms with Crippen LogP contribution in [0.25, 0.3) is 41.6 Å². The first kappa shape index (κ1) is 31.3. The summed E-state index contributed by atoms with van der Waals surface area (Å²) in [7, 11) is 8.03. The minimum atomic E-state index is -0.431. The summed E-state index contributed by atoms with van der Waals surface area (Å²) >= 11 is 3.23. The number of amides is 2. The van der Waals surface area contributed by atoms with E-state index in [2.05, 4.69) is 44.1 Å². The van der Waals surface area contributed by atoms with Crippen molar-refractivity contribution in [3.05, 3.63) is 118 Å². The number of rotatable bonds is 4. The Balaban J connectivity index is 1.21. The van der Waals surface area contributed by atoms with Gasteiger partial charge < -0.3 is 9.80 Å². The van der Waals surface area contributed by atoms with E-state index in [9.17, 15) is 9.59 Å². The van der Waals surface area contributed by atoms with E-state index in [1.165, 1.54) is 0 Å². The molecule has 0 saturated carbocycles. The van der Waals surface area contributed by atoms with Gasteiger partial charge in [0.05, 0.1) is 52.3 Å². The van der Waals surface area contributed by atoms with Crippen molar-refractivity contribution in [2.45, 2.75) is 13.8 Å². The number of anilines is 2. The average molecular weight is 669 g/mol. The molecule has 0 fully saturated rings. The van der Waals surface area contributed by atoms with Gasteiger partial charge in [0.1, 0.15) is 0 Å². The van der Waals surface area contributed by atoms with Crippen LogP contribution >= 0.6 is 22.7 Å². The topological polar surface area (TPSA) is 91.1 Å². The normalized spacial score (nSPS) is 12.4. The Hall–Kier alpha value is -5.32. The molecular formula is C38H32N6O2S2. The van der Waals surface area contributed by atoms with E-state index in [0.29, 0.717) is 21.8 Å². The van der Waals surface area contributed by atoms with Gasteiger partial charge in [-0.2, -0.15) is 0 Å². The molecule has 48 heavy (non-hydrogen) atoms. The van der Waals surface area contributed by atoms with E-state index in [1.807, 2.05) is 78.4 Å². The first-order valence-corrected chi connectivity index (χ1v) is 17.0. The highest BCUT2D eigenvalue weighted by Gasteiger charge is 2.15. The van der Waals surface area contributed by atoms with Gasteiger partial charge in [-0.05, 0) is 104 Å². The zero-order chi connectivity index (χ0) is 33.7. The first-order valence-electron chi connectivity index (χ1n) is 15.4. The Morgan fingerprint density at radius 3 is 1.44 bits per heavy atom. The Labute approximate surface area is 285 Å². The van der Waals surface area contributed by atoms with Gasteiger partial charge in [0, 0.05) is 50.7 Å². The lowest BCUT2D eigenvalue weighted by Crippen LogP contribution is -2.13. The maximum Gasteiger partial charge on any atom is 0.277 e. The first-order chi connectivity index (χ1) is 23.0. The van der Waals surface area contributed by atoms with Gasteiger partial charge in [0.15, 0.2) is 0 Å². The fourth-order valence-electron chi connectivity index (χ4n) is 5.44. The third-order valence-electron chi connectivity index (χ3n) is 8.20. The monoisotopic (exact) mass is 668 g/mol. The maximum absolute atomic E-state index is 13.4. The van der Waals surface area contributed by atoms with Crippen LogP contribution in [0.5, 0.6) is 0 Å². The average Bonchev–Trinajstić information content (AvgIpc) is 3.06. The highest BCUT2D eigenvalue weighted by molar-refractivity contribution is 7.21. The molecule has 2 amide bonds. The van der Waals surface area contributed by atoms with Crippen LogP contribution in [0.3, 0.4) is 0 Å². The molecule has 238 valence electrons. The van der Waals surface area contributed by atoms with E-state index < -0.39 is 11.8 Å². The molecule has 3 aromatic carbocycles. The van der Waals surface area contributed by atoms with Crippen LogP contribution in [0.4, 0.5) is 11.4 Å². The lowest BCUT2D eigenvalue weighted by atomic mass is 10.1. The smallest absolute Gasteiger partial charge is 0.277 e. The molecule has 8 nitrogen and oxygen atoms in total. The summed E-state index contributed by atoms with van der Waals surface area (Å²) in [6.45, 7) is 3.84. The molecule has 2 aliphatic carbocycles. The van der Waals surface area contributed by atoms with Crippen LogP contribution in [0, 0.1) is 13.8 Å². The maximum atomic E-state index is 13.4. The van der Waals surface area contributed by atoms with Crippen molar-refractivity contribution >= 4 is 66.3 Å². The molecule has 0 spiro atoms. The van der Waals surface area contributed by atoms with E-state index in [1.54, 1.807) is 46.9 Å². The van der Waals surface area contributed by atoms with Gasteiger partial charge in [-0.25, -0.2) is 20.0 Å². The molecule has 4 aliphatic rings. The summed E-state index contributed by atoms with van der Waals surface area (Å²) in [4.78, 5) is 51.4. The van der Waals surface area contributed by atoms with Crippen LogP contribution in [-0.2, 0) is 0 Å². The van der Waals surface area contributed by atoms with Crippen LogP contribution in [0.15, 0.2) is 94.9 Å². The summed E-state index contributed by atoms with van der Waals surface area (Å²) in [5.41, 5.74) is 8.06. The Kier molecular flexibility index (Phi) is 8.06. The zero-order valence-corrected chi connectivity index (χ0v) is 29.0.